The van der Waals surface area contributed by atoms with Gasteiger partial charge in [0.1, 0.15) is 30.5 Å². The Morgan fingerprint density at radius 1 is 1.14 bits per heavy atom. The summed E-state index contributed by atoms with van der Waals surface area (Å²) in [6.45, 7) is -0.447. The predicted molar refractivity (Wildman–Crippen MR) is 84.4 cm³/mol. The predicted octanol–water partition coefficient (Wildman–Crippen LogP) is -0.882. The SMILES string of the molecule is CNC(=S)Nc1ccc([C@@H]2OC(CO)[C@@H](O)[C@@H](O)C2O)cc1. The molecule has 0 aliphatic carbocycles. The van der Waals surface area contributed by atoms with E-state index >= 15 is 0 Å². The van der Waals surface area contributed by atoms with Crippen molar-refractivity contribution >= 4 is 23.0 Å². The lowest BCUT2D eigenvalue weighted by Crippen LogP contribution is -2.55. The van der Waals surface area contributed by atoms with Gasteiger partial charge in [-0.1, -0.05) is 12.1 Å². The molecule has 0 amide bonds. The van der Waals surface area contributed by atoms with Crippen LogP contribution in [0.5, 0.6) is 0 Å². The molecule has 122 valence electrons. The Labute approximate surface area is 133 Å². The minimum absolute atomic E-state index is 0.447. The number of anilines is 1. The molecule has 8 heteroatoms. The molecule has 6 N–H and O–H groups in total. The van der Waals surface area contributed by atoms with Crippen molar-refractivity contribution < 1.29 is 25.2 Å². The lowest BCUT2D eigenvalue weighted by atomic mass is 9.91. The lowest BCUT2D eigenvalue weighted by molar-refractivity contribution is -0.231. The van der Waals surface area contributed by atoms with Crippen molar-refractivity contribution in [3.05, 3.63) is 29.8 Å². The third-order valence-corrected chi connectivity index (χ3v) is 3.92. The van der Waals surface area contributed by atoms with E-state index < -0.39 is 37.1 Å². The number of rotatable bonds is 3. The molecule has 1 aliphatic heterocycles. The number of ether oxygens (including phenoxy) is 1. The topological polar surface area (TPSA) is 114 Å². The van der Waals surface area contributed by atoms with Gasteiger partial charge >= 0.3 is 0 Å². The summed E-state index contributed by atoms with van der Waals surface area (Å²) in [6.07, 6.45) is -5.77. The van der Waals surface area contributed by atoms with Crippen LogP contribution in [0.25, 0.3) is 0 Å². The van der Waals surface area contributed by atoms with E-state index in [1.165, 1.54) is 0 Å². The molecule has 1 aromatic carbocycles. The van der Waals surface area contributed by atoms with E-state index in [4.69, 9.17) is 17.0 Å². The second kappa shape index (κ2) is 7.32. The number of aliphatic hydroxyl groups excluding tert-OH is 4. The number of benzene rings is 1. The molecule has 1 fully saturated rings. The summed E-state index contributed by atoms with van der Waals surface area (Å²) in [4.78, 5) is 0. The molecule has 0 bridgehead atoms. The second-order valence-corrected chi connectivity index (χ2v) is 5.48. The second-order valence-electron chi connectivity index (χ2n) is 5.08. The fourth-order valence-electron chi connectivity index (χ4n) is 2.33. The standard InChI is InChI=1S/C14H20N2O5S/c1-15-14(22)16-8-4-2-7(3-5-8)13-12(20)11(19)10(18)9(6-17)21-13/h2-5,9-13,17-20H,6H2,1H3,(H2,15,16,22)/t9?,10-,11-,12?,13+/m1/s1. The third kappa shape index (κ3) is 3.54. The summed E-state index contributed by atoms with van der Waals surface area (Å²) in [6, 6.07) is 6.93. The van der Waals surface area contributed by atoms with Crippen LogP contribution in [0, 0.1) is 0 Å². The lowest BCUT2D eigenvalue weighted by Gasteiger charge is -2.40. The first kappa shape index (κ1) is 17.1. The van der Waals surface area contributed by atoms with Gasteiger partial charge in [-0.25, -0.2) is 0 Å². The van der Waals surface area contributed by atoms with Crippen LogP contribution >= 0.6 is 12.2 Å². The summed E-state index contributed by atoms with van der Waals surface area (Å²) in [7, 11) is 1.71. The molecule has 22 heavy (non-hydrogen) atoms. The zero-order chi connectivity index (χ0) is 16.3. The Kier molecular flexibility index (Phi) is 5.68. The molecule has 0 aromatic heterocycles. The highest BCUT2D eigenvalue weighted by atomic mass is 32.1. The average Bonchev–Trinajstić information content (AvgIpc) is 2.54. The fourth-order valence-corrected chi connectivity index (χ4v) is 2.44. The van der Waals surface area contributed by atoms with Crippen LogP contribution in [-0.2, 0) is 4.74 Å². The molecular weight excluding hydrogens is 308 g/mol. The zero-order valence-electron chi connectivity index (χ0n) is 12.0. The molecular formula is C14H20N2O5S. The largest absolute Gasteiger partial charge is 0.394 e. The molecule has 2 rings (SSSR count). The minimum Gasteiger partial charge on any atom is -0.394 e. The van der Waals surface area contributed by atoms with E-state index in [-0.39, 0.29) is 0 Å². The van der Waals surface area contributed by atoms with Gasteiger partial charge in [0.15, 0.2) is 5.11 Å². The molecule has 1 aliphatic rings. The number of hydrogen-bond acceptors (Lipinski definition) is 6. The molecule has 0 spiro atoms. The number of aliphatic hydroxyl groups is 4. The number of hydrogen-bond donors (Lipinski definition) is 6. The molecule has 0 saturated carbocycles. The van der Waals surface area contributed by atoms with Crippen molar-refractivity contribution in [3.63, 3.8) is 0 Å². The molecule has 1 saturated heterocycles. The summed E-state index contributed by atoms with van der Waals surface area (Å²) in [5.41, 5.74) is 1.38. The van der Waals surface area contributed by atoms with Gasteiger partial charge in [0.25, 0.3) is 0 Å². The summed E-state index contributed by atoms with van der Waals surface area (Å²) in [5.74, 6) is 0. The fraction of sp³-hybridized carbons (Fsp3) is 0.500. The normalized spacial score (nSPS) is 31.6. The maximum atomic E-state index is 10.1. The van der Waals surface area contributed by atoms with Crippen LogP contribution in [0.4, 0.5) is 5.69 Å². The van der Waals surface area contributed by atoms with Crippen LogP contribution < -0.4 is 10.6 Å². The van der Waals surface area contributed by atoms with Crippen LogP contribution in [0.15, 0.2) is 24.3 Å². The quantitative estimate of drug-likeness (QED) is 0.397. The van der Waals surface area contributed by atoms with Crippen LogP contribution in [0.1, 0.15) is 11.7 Å². The van der Waals surface area contributed by atoms with E-state index in [1.807, 2.05) is 0 Å². The summed E-state index contributed by atoms with van der Waals surface area (Å²) < 4.78 is 5.49. The van der Waals surface area contributed by atoms with Crippen LogP contribution in [-0.4, -0.2) is 63.6 Å². The van der Waals surface area contributed by atoms with E-state index in [9.17, 15) is 20.4 Å². The Morgan fingerprint density at radius 2 is 1.77 bits per heavy atom. The highest BCUT2D eigenvalue weighted by Gasteiger charge is 2.43. The molecule has 7 nitrogen and oxygen atoms in total. The van der Waals surface area contributed by atoms with Crippen molar-refractivity contribution in [1.82, 2.24) is 5.32 Å². The Balaban J connectivity index is 2.14. The van der Waals surface area contributed by atoms with E-state index in [0.717, 1.165) is 5.69 Å². The number of nitrogens with one attached hydrogen (secondary N) is 2. The van der Waals surface area contributed by atoms with Gasteiger partial charge in [-0.3, -0.25) is 0 Å². The van der Waals surface area contributed by atoms with E-state index in [2.05, 4.69) is 10.6 Å². The van der Waals surface area contributed by atoms with Crippen molar-refractivity contribution in [1.29, 1.82) is 0 Å². The molecule has 1 aromatic rings. The Morgan fingerprint density at radius 3 is 2.32 bits per heavy atom. The molecule has 0 radical (unpaired) electrons. The Bertz CT molecular complexity index is 510. The van der Waals surface area contributed by atoms with Crippen molar-refractivity contribution in [2.75, 3.05) is 19.0 Å². The highest BCUT2D eigenvalue weighted by Crippen LogP contribution is 2.32. The van der Waals surface area contributed by atoms with Gasteiger partial charge in [0.2, 0.25) is 0 Å². The van der Waals surface area contributed by atoms with Gasteiger partial charge in [0.05, 0.1) is 6.61 Å². The zero-order valence-corrected chi connectivity index (χ0v) is 12.8. The first-order valence-corrected chi connectivity index (χ1v) is 7.28. The molecule has 2 unspecified atom stereocenters. The maximum Gasteiger partial charge on any atom is 0.170 e. The molecule has 5 atom stereocenters. The van der Waals surface area contributed by atoms with Crippen LogP contribution in [0.3, 0.4) is 0 Å². The van der Waals surface area contributed by atoms with E-state index in [1.54, 1.807) is 31.3 Å². The van der Waals surface area contributed by atoms with Crippen molar-refractivity contribution in [2.45, 2.75) is 30.5 Å². The van der Waals surface area contributed by atoms with Gasteiger partial charge in [-0.2, -0.15) is 0 Å². The molecule has 1 heterocycles. The van der Waals surface area contributed by atoms with Crippen LogP contribution in [0.2, 0.25) is 0 Å². The first-order chi connectivity index (χ1) is 10.5. The highest BCUT2D eigenvalue weighted by molar-refractivity contribution is 7.80. The van der Waals surface area contributed by atoms with Gasteiger partial charge in [0, 0.05) is 12.7 Å². The smallest absolute Gasteiger partial charge is 0.170 e. The van der Waals surface area contributed by atoms with Gasteiger partial charge in [-0.05, 0) is 29.9 Å². The van der Waals surface area contributed by atoms with Crippen molar-refractivity contribution in [2.24, 2.45) is 0 Å². The summed E-state index contributed by atoms with van der Waals surface area (Å²) >= 11 is 5.00. The number of thiocarbonyl (C=S) groups is 1. The van der Waals surface area contributed by atoms with Gasteiger partial charge in [-0.15, -0.1) is 0 Å². The first-order valence-electron chi connectivity index (χ1n) is 6.87. The maximum absolute atomic E-state index is 10.1. The van der Waals surface area contributed by atoms with Crippen molar-refractivity contribution in [3.8, 4) is 0 Å². The van der Waals surface area contributed by atoms with E-state index in [0.29, 0.717) is 10.7 Å². The Hall–Kier alpha value is -1.29. The summed E-state index contributed by atoms with van der Waals surface area (Å²) in [5, 5.41) is 45.0. The average molecular weight is 328 g/mol. The monoisotopic (exact) mass is 328 g/mol. The third-order valence-electron chi connectivity index (χ3n) is 3.62. The van der Waals surface area contributed by atoms with Gasteiger partial charge < -0.3 is 35.8 Å². The minimum atomic E-state index is -1.38.